The van der Waals surface area contributed by atoms with Crippen molar-refractivity contribution in [3.05, 3.63) is 17.5 Å². The second-order valence-electron chi connectivity index (χ2n) is 6.46. The van der Waals surface area contributed by atoms with Gasteiger partial charge in [0.2, 0.25) is 0 Å². The summed E-state index contributed by atoms with van der Waals surface area (Å²) in [6, 6.07) is 0.434. The summed E-state index contributed by atoms with van der Waals surface area (Å²) in [5.41, 5.74) is 2.18. The number of carboxylic acids is 1. The Balaban J connectivity index is 2.19. The van der Waals surface area contributed by atoms with Crippen molar-refractivity contribution in [1.29, 1.82) is 0 Å². The molecule has 1 heterocycles. The van der Waals surface area contributed by atoms with E-state index in [0.717, 1.165) is 24.1 Å². The van der Waals surface area contributed by atoms with E-state index in [1.54, 1.807) is 0 Å². The summed E-state index contributed by atoms with van der Waals surface area (Å²) in [6.45, 7) is 7.20. The smallest absolute Gasteiger partial charge is 0.317 e. The van der Waals surface area contributed by atoms with E-state index in [2.05, 4.69) is 30.8 Å². The first-order valence-corrected chi connectivity index (χ1v) is 6.76. The first-order valence-electron chi connectivity index (χ1n) is 6.76. The molecule has 0 unspecified atom stereocenters. The SMILES string of the molecule is Cn1cc(CN(CC(=O)O)C2CC2)c(C(C)(C)C)n1. The molecular weight excluding hydrogens is 242 g/mol. The lowest BCUT2D eigenvalue weighted by Crippen LogP contribution is -2.32. The Morgan fingerprint density at radius 3 is 2.63 bits per heavy atom. The summed E-state index contributed by atoms with van der Waals surface area (Å²) in [5.74, 6) is -0.756. The van der Waals surface area contributed by atoms with Crippen LogP contribution >= 0.6 is 0 Å². The second kappa shape index (κ2) is 4.96. The third-order valence-corrected chi connectivity index (χ3v) is 3.39. The Bertz CT molecular complexity index is 470. The van der Waals surface area contributed by atoms with Crippen LogP contribution in [0.2, 0.25) is 0 Å². The largest absolute Gasteiger partial charge is 0.480 e. The highest BCUT2D eigenvalue weighted by atomic mass is 16.4. The Hall–Kier alpha value is -1.36. The summed E-state index contributed by atoms with van der Waals surface area (Å²) in [7, 11) is 1.91. The normalized spacial score (nSPS) is 16.1. The molecule has 0 saturated heterocycles. The standard InChI is InChI=1S/C14H23N3O2/c1-14(2,3)13-10(7-16(4)15-13)8-17(9-12(18)19)11-5-6-11/h7,11H,5-6,8-9H2,1-4H3,(H,18,19). The van der Waals surface area contributed by atoms with Crippen LogP contribution in [0.1, 0.15) is 44.9 Å². The minimum Gasteiger partial charge on any atom is -0.480 e. The van der Waals surface area contributed by atoms with Crippen molar-refractivity contribution in [2.24, 2.45) is 7.05 Å². The fraction of sp³-hybridized carbons (Fsp3) is 0.714. The number of aryl methyl sites for hydroxylation is 1. The van der Waals surface area contributed by atoms with E-state index in [1.165, 1.54) is 0 Å². The van der Waals surface area contributed by atoms with Gasteiger partial charge in [-0.25, -0.2) is 0 Å². The van der Waals surface area contributed by atoms with E-state index in [4.69, 9.17) is 5.11 Å². The number of nitrogens with zero attached hydrogens (tertiary/aromatic N) is 3. The number of rotatable bonds is 5. The zero-order valence-corrected chi connectivity index (χ0v) is 12.2. The van der Waals surface area contributed by atoms with E-state index >= 15 is 0 Å². The molecule has 0 radical (unpaired) electrons. The Kier molecular flexibility index (Phi) is 3.67. The van der Waals surface area contributed by atoms with Crippen LogP contribution in [0.15, 0.2) is 6.20 Å². The molecule has 0 amide bonds. The lowest BCUT2D eigenvalue weighted by molar-refractivity contribution is -0.138. The van der Waals surface area contributed by atoms with Crippen molar-refractivity contribution in [3.8, 4) is 0 Å². The average Bonchev–Trinajstić information content (AvgIpc) is 3.00. The molecule has 106 valence electrons. The minimum atomic E-state index is -0.756. The molecule has 0 aliphatic heterocycles. The molecule has 1 fully saturated rings. The maximum Gasteiger partial charge on any atom is 0.317 e. The number of carbonyl (C=O) groups is 1. The van der Waals surface area contributed by atoms with Crippen molar-refractivity contribution in [2.45, 2.75) is 51.6 Å². The highest BCUT2D eigenvalue weighted by Gasteiger charge is 2.32. The monoisotopic (exact) mass is 265 g/mol. The highest BCUT2D eigenvalue weighted by Crippen LogP contribution is 2.30. The quantitative estimate of drug-likeness (QED) is 0.881. The molecule has 1 aliphatic rings. The topological polar surface area (TPSA) is 58.4 Å². The van der Waals surface area contributed by atoms with Gasteiger partial charge in [-0.1, -0.05) is 20.8 Å². The van der Waals surface area contributed by atoms with Gasteiger partial charge >= 0.3 is 5.97 Å². The van der Waals surface area contributed by atoms with Gasteiger partial charge in [0.15, 0.2) is 0 Å². The van der Waals surface area contributed by atoms with E-state index < -0.39 is 5.97 Å². The van der Waals surface area contributed by atoms with Crippen molar-refractivity contribution >= 4 is 5.97 Å². The number of carboxylic acid groups (broad SMARTS) is 1. The maximum absolute atomic E-state index is 11.0. The summed E-state index contributed by atoms with van der Waals surface area (Å²) < 4.78 is 1.82. The van der Waals surface area contributed by atoms with Crippen molar-refractivity contribution in [2.75, 3.05) is 6.54 Å². The van der Waals surface area contributed by atoms with Crippen LogP contribution in [-0.2, 0) is 23.8 Å². The van der Waals surface area contributed by atoms with Crippen LogP contribution in [0.25, 0.3) is 0 Å². The molecule has 5 nitrogen and oxygen atoms in total. The minimum absolute atomic E-state index is 0.0188. The fourth-order valence-corrected chi connectivity index (χ4v) is 2.43. The van der Waals surface area contributed by atoms with Gasteiger partial charge < -0.3 is 5.11 Å². The van der Waals surface area contributed by atoms with Crippen LogP contribution in [0.4, 0.5) is 0 Å². The Labute approximate surface area is 114 Å². The highest BCUT2D eigenvalue weighted by molar-refractivity contribution is 5.69. The zero-order chi connectivity index (χ0) is 14.2. The summed E-state index contributed by atoms with van der Waals surface area (Å²) >= 11 is 0. The number of aliphatic carboxylic acids is 1. The van der Waals surface area contributed by atoms with E-state index in [1.807, 2.05) is 17.9 Å². The van der Waals surface area contributed by atoms with Gasteiger partial charge in [0.1, 0.15) is 0 Å². The van der Waals surface area contributed by atoms with Crippen LogP contribution in [0, 0.1) is 0 Å². The van der Waals surface area contributed by atoms with E-state index in [-0.39, 0.29) is 12.0 Å². The van der Waals surface area contributed by atoms with Gasteiger partial charge in [-0.15, -0.1) is 0 Å². The van der Waals surface area contributed by atoms with Gasteiger partial charge in [0, 0.05) is 36.8 Å². The second-order valence-corrected chi connectivity index (χ2v) is 6.46. The molecule has 1 aromatic rings. The lowest BCUT2D eigenvalue weighted by Gasteiger charge is -2.22. The Morgan fingerprint density at radius 2 is 2.16 bits per heavy atom. The molecule has 1 aliphatic carbocycles. The summed E-state index contributed by atoms with van der Waals surface area (Å²) in [5, 5.41) is 13.5. The molecule has 0 atom stereocenters. The van der Waals surface area contributed by atoms with Gasteiger partial charge in [-0.3, -0.25) is 14.4 Å². The number of aromatic nitrogens is 2. The van der Waals surface area contributed by atoms with Gasteiger partial charge in [-0.2, -0.15) is 5.10 Å². The lowest BCUT2D eigenvalue weighted by atomic mass is 9.89. The van der Waals surface area contributed by atoms with Crippen LogP contribution in [0.5, 0.6) is 0 Å². The summed E-state index contributed by atoms with van der Waals surface area (Å²) in [6.07, 6.45) is 4.23. The molecule has 1 saturated carbocycles. The molecule has 5 heteroatoms. The first kappa shape index (κ1) is 14.1. The number of hydrogen-bond acceptors (Lipinski definition) is 3. The maximum atomic E-state index is 11.0. The Morgan fingerprint density at radius 1 is 1.53 bits per heavy atom. The zero-order valence-electron chi connectivity index (χ0n) is 12.2. The predicted octanol–water partition coefficient (Wildman–Crippen LogP) is 1.77. The fourth-order valence-electron chi connectivity index (χ4n) is 2.43. The van der Waals surface area contributed by atoms with Crippen molar-refractivity contribution < 1.29 is 9.90 Å². The van der Waals surface area contributed by atoms with Crippen LogP contribution in [0.3, 0.4) is 0 Å². The molecule has 1 aromatic heterocycles. The molecule has 0 bridgehead atoms. The van der Waals surface area contributed by atoms with Gasteiger partial charge in [0.05, 0.1) is 12.2 Å². The first-order chi connectivity index (χ1) is 8.77. The summed E-state index contributed by atoms with van der Waals surface area (Å²) in [4.78, 5) is 13.0. The van der Waals surface area contributed by atoms with E-state index in [0.29, 0.717) is 12.6 Å². The predicted molar refractivity (Wildman–Crippen MR) is 73.0 cm³/mol. The van der Waals surface area contributed by atoms with Gasteiger partial charge in [-0.05, 0) is 12.8 Å². The van der Waals surface area contributed by atoms with Crippen LogP contribution < -0.4 is 0 Å². The van der Waals surface area contributed by atoms with Crippen molar-refractivity contribution in [3.63, 3.8) is 0 Å². The van der Waals surface area contributed by atoms with Crippen molar-refractivity contribution in [1.82, 2.24) is 14.7 Å². The average molecular weight is 265 g/mol. The molecule has 0 aromatic carbocycles. The molecule has 19 heavy (non-hydrogen) atoms. The van der Waals surface area contributed by atoms with E-state index in [9.17, 15) is 4.79 Å². The molecular formula is C14H23N3O2. The third-order valence-electron chi connectivity index (χ3n) is 3.39. The molecule has 2 rings (SSSR count). The van der Waals surface area contributed by atoms with Crippen LogP contribution in [-0.4, -0.2) is 38.3 Å². The number of hydrogen-bond donors (Lipinski definition) is 1. The van der Waals surface area contributed by atoms with Gasteiger partial charge in [0.25, 0.3) is 0 Å². The molecule has 0 spiro atoms. The molecule has 1 N–H and O–H groups in total. The third kappa shape index (κ3) is 3.56.